The van der Waals surface area contributed by atoms with Crippen LogP contribution in [0, 0.1) is 0 Å². The van der Waals surface area contributed by atoms with Gasteiger partial charge in [-0.2, -0.15) is 0 Å². The largest absolute Gasteiger partial charge is 0.466 e. The van der Waals surface area contributed by atoms with E-state index in [-0.39, 0.29) is 5.97 Å². The van der Waals surface area contributed by atoms with Crippen LogP contribution in [0.25, 0.3) is 0 Å². The highest BCUT2D eigenvalue weighted by molar-refractivity contribution is 7.99. The number of benzene rings is 1. The zero-order chi connectivity index (χ0) is 12.5. The molecule has 0 N–H and O–H groups in total. The molecule has 0 aliphatic carbocycles. The van der Waals surface area contributed by atoms with E-state index in [0.29, 0.717) is 18.6 Å². The minimum atomic E-state index is -0.156. The topological polar surface area (TPSA) is 43.4 Å². The average molecular weight is 252 g/mol. The second kappa shape index (κ2) is 7.90. The summed E-state index contributed by atoms with van der Waals surface area (Å²) < 4.78 is 4.83. The molecule has 0 heterocycles. The minimum absolute atomic E-state index is 0.156. The molecule has 0 saturated heterocycles. The molecule has 0 atom stereocenters. The Balaban J connectivity index is 2.31. The van der Waals surface area contributed by atoms with E-state index < -0.39 is 0 Å². The van der Waals surface area contributed by atoms with Gasteiger partial charge in [0.15, 0.2) is 6.29 Å². The third-order valence-corrected chi connectivity index (χ3v) is 3.31. The lowest BCUT2D eigenvalue weighted by Gasteiger charge is -2.04. The Morgan fingerprint density at radius 3 is 2.88 bits per heavy atom. The predicted molar refractivity (Wildman–Crippen MR) is 68.4 cm³/mol. The predicted octanol–water partition coefficient (Wildman–Crippen LogP) is 2.93. The summed E-state index contributed by atoms with van der Waals surface area (Å²) in [6.45, 7) is 2.23. The molecule has 92 valence electrons. The summed E-state index contributed by atoms with van der Waals surface area (Å²) in [7, 11) is 0. The Hall–Kier alpha value is -1.29. The number of ether oxygens (including phenoxy) is 1. The van der Waals surface area contributed by atoms with Gasteiger partial charge >= 0.3 is 5.97 Å². The maximum Gasteiger partial charge on any atom is 0.305 e. The van der Waals surface area contributed by atoms with Crippen molar-refractivity contribution in [1.82, 2.24) is 0 Å². The normalized spacial score (nSPS) is 9.94. The average Bonchev–Trinajstić information content (AvgIpc) is 2.35. The molecule has 0 fully saturated rings. The van der Waals surface area contributed by atoms with Crippen molar-refractivity contribution in [3.05, 3.63) is 29.8 Å². The lowest BCUT2D eigenvalue weighted by Crippen LogP contribution is -2.03. The van der Waals surface area contributed by atoms with Crippen LogP contribution in [0.4, 0.5) is 0 Å². The molecule has 17 heavy (non-hydrogen) atoms. The highest BCUT2D eigenvalue weighted by Crippen LogP contribution is 2.22. The van der Waals surface area contributed by atoms with E-state index in [2.05, 4.69) is 0 Å². The molecule has 4 heteroatoms. The van der Waals surface area contributed by atoms with Crippen LogP contribution in [0.2, 0.25) is 0 Å². The summed E-state index contributed by atoms with van der Waals surface area (Å²) in [5, 5.41) is 0. The number of carbonyl (C=O) groups is 2. The smallest absolute Gasteiger partial charge is 0.305 e. The van der Waals surface area contributed by atoms with Gasteiger partial charge in [0.05, 0.1) is 6.61 Å². The molecule has 0 aromatic heterocycles. The summed E-state index contributed by atoms with van der Waals surface area (Å²) in [6.07, 6.45) is 2.05. The first-order valence-corrected chi connectivity index (χ1v) is 6.59. The van der Waals surface area contributed by atoms with Crippen LogP contribution in [0.15, 0.2) is 29.2 Å². The van der Waals surface area contributed by atoms with Gasteiger partial charge in [-0.3, -0.25) is 9.59 Å². The van der Waals surface area contributed by atoms with Gasteiger partial charge in [-0.1, -0.05) is 18.2 Å². The fourth-order valence-electron chi connectivity index (χ4n) is 1.34. The van der Waals surface area contributed by atoms with Crippen molar-refractivity contribution in [2.24, 2.45) is 0 Å². The van der Waals surface area contributed by atoms with Crippen molar-refractivity contribution < 1.29 is 14.3 Å². The van der Waals surface area contributed by atoms with E-state index in [1.54, 1.807) is 24.8 Å². The molecule has 0 aliphatic rings. The molecule has 0 saturated carbocycles. The van der Waals surface area contributed by atoms with Gasteiger partial charge in [0.2, 0.25) is 0 Å². The van der Waals surface area contributed by atoms with E-state index in [0.717, 1.165) is 23.4 Å². The lowest BCUT2D eigenvalue weighted by molar-refractivity contribution is -0.143. The Bertz CT molecular complexity index is 377. The van der Waals surface area contributed by atoms with E-state index in [1.165, 1.54) is 0 Å². The Morgan fingerprint density at radius 1 is 1.41 bits per heavy atom. The van der Waals surface area contributed by atoms with E-state index in [4.69, 9.17) is 4.74 Å². The van der Waals surface area contributed by atoms with Crippen LogP contribution in [0.1, 0.15) is 30.1 Å². The molecule has 3 nitrogen and oxygen atoms in total. The van der Waals surface area contributed by atoms with Crippen LogP contribution < -0.4 is 0 Å². The molecule has 0 amide bonds. The number of carbonyl (C=O) groups excluding carboxylic acids is 2. The summed E-state index contributed by atoms with van der Waals surface area (Å²) in [6, 6.07) is 7.45. The van der Waals surface area contributed by atoms with Gasteiger partial charge in [-0.15, -0.1) is 11.8 Å². The van der Waals surface area contributed by atoms with Gasteiger partial charge in [-0.25, -0.2) is 0 Å². The highest BCUT2D eigenvalue weighted by Gasteiger charge is 2.03. The standard InChI is InChI=1S/C13H16O3S/c1-2-16-13(15)8-5-9-17-12-7-4-3-6-11(12)10-14/h3-4,6-7,10H,2,5,8-9H2,1H3. The SMILES string of the molecule is CCOC(=O)CCCSc1ccccc1C=O. The molecular weight excluding hydrogens is 236 g/mol. The van der Waals surface area contributed by atoms with Crippen LogP contribution in [0.3, 0.4) is 0 Å². The van der Waals surface area contributed by atoms with Crippen LogP contribution in [-0.2, 0) is 9.53 Å². The lowest BCUT2D eigenvalue weighted by atomic mass is 10.2. The van der Waals surface area contributed by atoms with E-state index >= 15 is 0 Å². The number of esters is 1. The van der Waals surface area contributed by atoms with Crippen molar-refractivity contribution in [2.75, 3.05) is 12.4 Å². The number of aldehydes is 1. The zero-order valence-corrected chi connectivity index (χ0v) is 10.7. The summed E-state index contributed by atoms with van der Waals surface area (Å²) >= 11 is 1.59. The van der Waals surface area contributed by atoms with Crippen molar-refractivity contribution in [3.63, 3.8) is 0 Å². The Labute approximate surface area is 106 Å². The molecule has 0 bridgehead atoms. The maximum absolute atomic E-state index is 11.1. The molecule has 1 aromatic carbocycles. The summed E-state index contributed by atoms with van der Waals surface area (Å²) in [5.74, 6) is 0.653. The monoisotopic (exact) mass is 252 g/mol. The minimum Gasteiger partial charge on any atom is -0.466 e. The van der Waals surface area contributed by atoms with E-state index in [9.17, 15) is 9.59 Å². The third kappa shape index (κ3) is 5.04. The molecule has 1 rings (SSSR count). The summed E-state index contributed by atoms with van der Waals surface area (Å²) in [4.78, 5) is 22.8. The van der Waals surface area contributed by atoms with Crippen LogP contribution in [-0.4, -0.2) is 24.6 Å². The van der Waals surface area contributed by atoms with Gasteiger partial charge in [-0.05, 0) is 25.2 Å². The number of thioether (sulfide) groups is 1. The second-order valence-corrected chi connectivity index (χ2v) is 4.55. The molecule has 0 aliphatic heterocycles. The van der Waals surface area contributed by atoms with Gasteiger partial charge in [0.25, 0.3) is 0 Å². The van der Waals surface area contributed by atoms with Crippen LogP contribution >= 0.6 is 11.8 Å². The van der Waals surface area contributed by atoms with Crippen molar-refractivity contribution in [2.45, 2.75) is 24.7 Å². The molecule has 1 aromatic rings. The van der Waals surface area contributed by atoms with Gasteiger partial charge < -0.3 is 4.74 Å². The van der Waals surface area contributed by atoms with Crippen molar-refractivity contribution in [1.29, 1.82) is 0 Å². The number of rotatable bonds is 7. The number of hydrogen-bond acceptors (Lipinski definition) is 4. The first-order valence-electron chi connectivity index (χ1n) is 5.60. The molecule has 0 radical (unpaired) electrons. The fraction of sp³-hybridized carbons (Fsp3) is 0.385. The molecule has 0 unspecified atom stereocenters. The fourth-order valence-corrected chi connectivity index (χ4v) is 2.31. The molecule has 0 spiro atoms. The highest BCUT2D eigenvalue weighted by atomic mass is 32.2. The van der Waals surface area contributed by atoms with Gasteiger partial charge in [0, 0.05) is 16.9 Å². The second-order valence-electron chi connectivity index (χ2n) is 3.41. The quantitative estimate of drug-likeness (QED) is 0.324. The Kier molecular flexibility index (Phi) is 6.40. The van der Waals surface area contributed by atoms with Crippen molar-refractivity contribution in [3.8, 4) is 0 Å². The van der Waals surface area contributed by atoms with E-state index in [1.807, 2.05) is 18.2 Å². The first-order chi connectivity index (χ1) is 8.27. The van der Waals surface area contributed by atoms with Crippen LogP contribution in [0.5, 0.6) is 0 Å². The first kappa shape index (κ1) is 13.8. The third-order valence-electron chi connectivity index (χ3n) is 2.13. The number of hydrogen-bond donors (Lipinski definition) is 0. The van der Waals surface area contributed by atoms with Gasteiger partial charge in [0.1, 0.15) is 0 Å². The maximum atomic E-state index is 11.1. The summed E-state index contributed by atoms with van der Waals surface area (Å²) in [5.41, 5.74) is 0.702. The molecular formula is C13H16O3S. The zero-order valence-electron chi connectivity index (χ0n) is 9.85. The van der Waals surface area contributed by atoms with Crippen molar-refractivity contribution >= 4 is 24.0 Å². The Morgan fingerprint density at radius 2 is 2.18 bits per heavy atom.